The van der Waals surface area contributed by atoms with Crippen LogP contribution in [0.5, 0.6) is 5.75 Å². The molecule has 0 radical (unpaired) electrons. The predicted molar refractivity (Wildman–Crippen MR) is 76.3 cm³/mol. The van der Waals surface area contributed by atoms with Gasteiger partial charge in [-0.25, -0.2) is 0 Å². The normalized spacial score (nSPS) is 10.2. The van der Waals surface area contributed by atoms with E-state index in [4.69, 9.17) is 4.74 Å². The lowest BCUT2D eigenvalue weighted by Gasteiger charge is -2.08. The molecule has 0 spiro atoms. The minimum atomic E-state index is -0.440. The summed E-state index contributed by atoms with van der Waals surface area (Å²) in [5.74, 6) is 0.287. The molecule has 2 aromatic rings. The van der Waals surface area contributed by atoms with E-state index in [2.05, 4.69) is 15.9 Å². The Labute approximate surface area is 119 Å². The van der Waals surface area contributed by atoms with Gasteiger partial charge in [-0.15, -0.1) is 0 Å². The highest BCUT2D eigenvalue weighted by molar-refractivity contribution is 9.10. The van der Waals surface area contributed by atoms with Crippen molar-refractivity contribution in [3.8, 4) is 5.75 Å². The Bertz CT molecular complexity index is 599. The second-order valence-corrected chi connectivity index (χ2v) is 4.95. The lowest BCUT2D eigenvalue weighted by atomic mass is 10.2. The third-order valence-corrected chi connectivity index (χ3v) is 3.53. The lowest BCUT2D eigenvalue weighted by molar-refractivity contribution is -0.386. The standard InChI is InChI=1S/C14H12BrNO3/c1-10-7-14(13(16(17)18)8-12(10)15)19-9-11-5-3-2-4-6-11/h2-8H,9H2,1H3. The lowest BCUT2D eigenvalue weighted by Crippen LogP contribution is -1.99. The molecule has 2 aromatic carbocycles. The van der Waals surface area contributed by atoms with Crippen LogP contribution in [-0.2, 0) is 6.61 Å². The van der Waals surface area contributed by atoms with E-state index in [9.17, 15) is 10.1 Å². The highest BCUT2D eigenvalue weighted by Gasteiger charge is 2.17. The van der Waals surface area contributed by atoms with Crippen molar-refractivity contribution in [3.63, 3.8) is 0 Å². The summed E-state index contributed by atoms with van der Waals surface area (Å²) in [6, 6.07) is 12.7. The number of hydrogen-bond acceptors (Lipinski definition) is 3. The summed E-state index contributed by atoms with van der Waals surface area (Å²) in [6.07, 6.45) is 0. The van der Waals surface area contributed by atoms with Gasteiger partial charge < -0.3 is 4.74 Å². The monoisotopic (exact) mass is 321 g/mol. The fraction of sp³-hybridized carbons (Fsp3) is 0.143. The Kier molecular flexibility index (Phi) is 4.16. The van der Waals surface area contributed by atoms with Gasteiger partial charge in [-0.3, -0.25) is 10.1 Å². The van der Waals surface area contributed by atoms with E-state index in [1.807, 2.05) is 37.3 Å². The summed E-state index contributed by atoms with van der Waals surface area (Å²) >= 11 is 3.28. The molecule has 0 aliphatic carbocycles. The van der Waals surface area contributed by atoms with E-state index in [1.54, 1.807) is 6.07 Å². The molecule has 0 N–H and O–H groups in total. The predicted octanol–water partition coefficient (Wildman–Crippen LogP) is 4.24. The van der Waals surface area contributed by atoms with Crippen LogP contribution in [0.4, 0.5) is 5.69 Å². The van der Waals surface area contributed by atoms with E-state index in [0.29, 0.717) is 11.1 Å². The van der Waals surface area contributed by atoms with Crippen LogP contribution in [0.15, 0.2) is 46.9 Å². The zero-order valence-corrected chi connectivity index (χ0v) is 11.9. The first-order valence-electron chi connectivity index (χ1n) is 5.69. The number of hydrogen-bond donors (Lipinski definition) is 0. The first-order chi connectivity index (χ1) is 9.08. The van der Waals surface area contributed by atoms with E-state index >= 15 is 0 Å². The van der Waals surface area contributed by atoms with Crippen LogP contribution >= 0.6 is 15.9 Å². The van der Waals surface area contributed by atoms with Crippen molar-refractivity contribution in [3.05, 3.63) is 68.2 Å². The quantitative estimate of drug-likeness (QED) is 0.625. The molecule has 98 valence electrons. The smallest absolute Gasteiger partial charge is 0.312 e. The van der Waals surface area contributed by atoms with Gasteiger partial charge >= 0.3 is 5.69 Å². The van der Waals surface area contributed by atoms with Gasteiger partial charge in [0.1, 0.15) is 6.61 Å². The number of nitrogens with zero attached hydrogens (tertiary/aromatic N) is 1. The van der Waals surface area contributed by atoms with Crippen molar-refractivity contribution < 1.29 is 9.66 Å². The van der Waals surface area contributed by atoms with Crippen molar-refractivity contribution in [2.75, 3.05) is 0 Å². The van der Waals surface area contributed by atoms with Crippen LogP contribution in [0.3, 0.4) is 0 Å². The number of nitro groups is 1. The van der Waals surface area contributed by atoms with Crippen LogP contribution in [0, 0.1) is 17.0 Å². The highest BCUT2D eigenvalue weighted by atomic mass is 79.9. The molecule has 0 aliphatic rings. The molecular weight excluding hydrogens is 310 g/mol. The molecule has 0 bridgehead atoms. The summed E-state index contributed by atoms with van der Waals surface area (Å²) in [7, 11) is 0. The maximum atomic E-state index is 11.0. The third kappa shape index (κ3) is 3.32. The summed E-state index contributed by atoms with van der Waals surface area (Å²) in [5, 5.41) is 11.0. The molecule has 19 heavy (non-hydrogen) atoms. The topological polar surface area (TPSA) is 52.4 Å². The van der Waals surface area contributed by atoms with Crippen LogP contribution in [-0.4, -0.2) is 4.92 Å². The zero-order valence-electron chi connectivity index (χ0n) is 10.3. The van der Waals surface area contributed by atoms with E-state index in [1.165, 1.54) is 6.07 Å². The van der Waals surface area contributed by atoms with Crippen molar-refractivity contribution >= 4 is 21.6 Å². The number of nitro benzene ring substituents is 1. The summed E-state index contributed by atoms with van der Waals surface area (Å²) < 4.78 is 6.26. The van der Waals surface area contributed by atoms with Gasteiger partial charge in [0.2, 0.25) is 0 Å². The molecule has 4 nitrogen and oxygen atoms in total. The van der Waals surface area contributed by atoms with Gasteiger partial charge in [-0.05, 0) is 24.1 Å². The number of rotatable bonds is 4. The van der Waals surface area contributed by atoms with E-state index in [-0.39, 0.29) is 11.4 Å². The second kappa shape index (κ2) is 5.84. The number of halogens is 1. The van der Waals surface area contributed by atoms with Crippen molar-refractivity contribution in [2.24, 2.45) is 0 Å². The van der Waals surface area contributed by atoms with E-state index in [0.717, 1.165) is 11.1 Å². The van der Waals surface area contributed by atoms with Gasteiger partial charge in [-0.1, -0.05) is 46.3 Å². The largest absolute Gasteiger partial charge is 0.482 e. The molecule has 0 heterocycles. The Morgan fingerprint density at radius 1 is 1.26 bits per heavy atom. The van der Waals surface area contributed by atoms with Crippen molar-refractivity contribution in [2.45, 2.75) is 13.5 Å². The fourth-order valence-electron chi connectivity index (χ4n) is 1.64. The van der Waals surface area contributed by atoms with Crippen molar-refractivity contribution in [1.82, 2.24) is 0 Å². The van der Waals surface area contributed by atoms with Crippen LogP contribution in [0.1, 0.15) is 11.1 Å². The molecule has 2 rings (SSSR count). The number of aryl methyl sites for hydroxylation is 1. The summed E-state index contributed by atoms with van der Waals surface area (Å²) in [4.78, 5) is 10.6. The second-order valence-electron chi connectivity index (χ2n) is 4.10. The molecule has 0 aromatic heterocycles. The molecule has 0 saturated heterocycles. The average Bonchev–Trinajstić information content (AvgIpc) is 2.40. The van der Waals surface area contributed by atoms with Gasteiger partial charge in [0.25, 0.3) is 0 Å². The Morgan fingerprint density at radius 2 is 1.95 bits per heavy atom. The molecule has 0 amide bonds. The van der Waals surface area contributed by atoms with Gasteiger partial charge in [0.15, 0.2) is 5.75 Å². The fourth-order valence-corrected chi connectivity index (χ4v) is 1.97. The first kappa shape index (κ1) is 13.5. The van der Waals surface area contributed by atoms with Crippen LogP contribution in [0.2, 0.25) is 0 Å². The molecule has 0 fully saturated rings. The Hall–Kier alpha value is -1.88. The Morgan fingerprint density at radius 3 is 2.58 bits per heavy atom. The molecule has 0 aliphatic heterocycles. The third-order valence-electron chi connectivity index (χ3n) is 2.67. The van der Waals surface area contributed by atoms with Crippen molar-refractivity contribution in [1.29, 1.82) is 0 Å². The highest BCUT2D eigenvalue weighted by Crippen LogP contribution is 2.33. The van der Waals surface area contributed by atoms with Crippen LogP contribution in [0.25, 0.3) is 0 Å². The molecular formula is C14H12BrNO3. The Balaban J connectivity index is 2.24. The number of ether oxygens (including phenoxy) is 1. The molecule has 0 atom stereocenters. The minimum absolute atomic E-state index is 0.0339. The van der Waals surface area contributed by atoms with E-state index < -0.39 is 4.92 Å². The summed E-state index contributed by atoms with van der Waals surface area (Å²) in [5.41, 5.74) is 1.83. The van der Waals surface area contributed by atoms with Gasteiger partial charge in [0, 0.05) is 10.5 Å². The minimum Gasteiger partial charge on any atom is -0.482 e. The first-order valence-corrected chi connectivity index (χ1v) is 6.48. The van der Waals surface area contributed by atoms with Gasteiger partial charge in [-0.2, -0.15) is 0 Å². The summed E-state index contributed by atoms with van der Waals surface area (Å²) in [6.45, 7) is 2.17. The zero-order chi connectivity index (χ0) is 13.8. The SMILES string of the molecule is Cc1cc(OCc2ccccc2)c([N+](=O)[O-])cc1Br. The maximum absolute atomic E-state index is 11.0. The van der Waals surface area contributed by atoms with Crippen LogP contribution < -0.4 is 4.74 Å². The number of benzene rings is 2. The maximum Gasteiger partial charge on any atom is 0.312 e. The molecule has 5 heteroatoms. The molecule has 0 saturated carbocycles. The molecule has 0 unspecified atom stereocenters. The average molecular weight is 322 g/mol. The van der Waals surface area contributed by atoms with Gasteiger partial charge in [0.05, 0.1) is 4.92 Å².